The number of carbonyl (C=O) groups excluding carboxylic acids is 2. The van der Waals surface area contributed by atoms with Crippen molar-refractivity contribution in [1.82, 2.24) is 4.90 Å². The SMILES string of the molecule is C[C@@H](O)[C@H]1C(=O)N2C(C(=O)[O-])C(CN3c4cccc5c(CC[N+]67CC[N+](C8CC[NH2+]C8)(CC6)CC7)ccc(c45)S3(=O)=O)[C@H](C)[C@H]12.[Cl-].[Cl-]. The number of aliphatic carboxylic acids is 1. The molecule has 0 aliphatic carbocycles. The van der Waals surface area contributed by atoms with Gasteiger partial charge >= 0.3 is 0 Å². The Labute approximate surface area is 288 Å². The van der Waals surface area contributed by atoms with E-state index in [2.05, 4.69) is 5.32 Å². The number of carboxylic acids is 1. The van der Waals surface area contributed by atoms with Gasteiger partial charge in [0.05, 0.1) is 54.1 Å². The normalized spacial score (nSPS) is 36.9. The number of carboxylic acid groups (broad SMARTS) is 1. The molecule has 2 aromatic carbocycles. The first kappa shape index (κ1) is 34.7. The second-order valence-corrected chi connectivity index (χ2v) is 16.7. The van der Waals surface area contributed by atoms with E-state index in [1.165, 1.54) is 79.4 Å². The molecule has 258 valence electrons. The summed E-state index contributed by atoms with van der Waals surface area (Å²) in [6.07, 6.45) is 1.30. The van der Waals surface area contributed by atoms with Crippen LogP contribution in [0.15, 0.2) is 35.2 Å². The lowest BCUT2D eigenvalue weighted by Gasteiger charge is -2.57. The summed E-state index contributed by atoms with van der Waals surface area (Å²) in [6, 6.07) is 8.54. The first-order valence-electron chi connectivity index (χ1n) is 16.8. The first-order valence-corrected chi connectivity index (χ1v) is 18.2. The largest absolute Gasteiger partial charge is 1.00 e. The van der Waals surface area contributed by atoms with Crippen LogP contribution in [-0.2, 0) is 26.0 Å². The van der Waals surface area contributed by atoms with Crippen molar-refractivity contribution < 1.29 is 67.3 Å². The summed E-state index contributed by atoms with van der Waals surface area (Å²) < 4.78 is 31.9. The average molecular weight is 711 g/mol. The Morgan fingerprint density at radius 3 is 2.43 bits per heavy atom. The monoisotopic (exact) mass is 709 g/mol. The Hall–Kier alpha value is -2.19. The minimum Gasteiger partial charge on any atom is -1.00 e. The fourth-order valence-corrected chi connectivity index (χ4v) is 12.1. The number of hydrogen-bond donors (Lipinski definition) is 2. The molecule has 0 saturated carbocycles. The molecule has 9 rings (SSSR count). The number of benzene rings is 2. The zero-order valence-corrected chi connectivity index (χ0v) is 29.3. The zero-order chi connectivity index (χ0) is 31.5. The highest BCUT2D eigenvalue weighted by atomic mass is 35.5. The van der Waals surface area contributed by atoms with Gasteiger partial charge in [0.2, 0.25) is 5.91 Å². The van der Waals surface area contributed by atoms with Crippen molar-refractivity contribution in [3.05, 3.63) is 35.9 Å². The molecule has 3 N–H and O–H groups in total. The fourth-order valence-electron chi connectivity index (χ4n) is 10.3. The number of aliphatic hydroxyl groups excluding tert-OH is 1. The number of piperazine rings is 3. The van der Waals surface area contributed by atoms with Gasteiger partial charge in [-0.05, 0) is 35.9 Å². The molecule has 3 unspecified atom stereocenters. The number of nitrogens with two attached hydrogens (primary N) is 1. The molecule has 11 nitrogen and oxygen atoms in total. The number of hydrogen-bond acceptors (Lipinski definition) is 6. The molecule has 2 aromatic rings. The summed E-state index contributed by atoms with van der Waals surface area (Å²) in [5, 5.41) is 26.7. The molecule has 47 heavy (non-hydrogen) atoms. The lowest BCUT2D eigenvalue weighted by Crippen LogP contribution is -3.00. The van der Waals surface area contributed by atoms with Gasteiger partial charge in [0, 0.05) is 30.3 Å². The molecule has 0 spiro atoms. The van der Waals surface area contributed by atoms with Crippen LogP contribution in [0, 0.1) is 17.8 Å². The highest BCUT2D eigenvalue weighted by molar-refractivity contribution is 7.93. The molecule has 0 aromatic heterocycles. The third kappa shape index (κ3) is 4.92. The van der Waals surface area contributed by atoms with Gasteiger partial charge in [-0.1, -0.05) is 25.1 Å². The van der Waals surface area contributed by atoms with Crippen molar-refractivity contribution in [2.24, 2.45) is 17.8 Å². The number of aliphatic hydroxyl groups is 1. The van der Waals surface area contributed by atoms with Gasteiger partial charge in [-0.25, -0.2) is 8.42 Å². The number of quaternary nitrogens is 3. The van der Waals surface area contributed by atoms with Gasteiger partial charge in [-0.15, -0.1) is 0 Å². The summed E-state index contributed by atoms with van der Waals surface area (Å²) in [7, 11) is -3.94. The minimum atomic E-state index is -3.94. The number of sulfonamides is 1. The number of rotatable bonds is 8. The topological polar surface area (TPSA) is 135 Å². The van der Waals surface area contributed by atoms with Gasteiger partial charge in [0.25, 0.3) is 10.0 Å². The molecular formula is C33H45Cl2N5O6S. The summed E-state index contributed by atoms with van der Waals surface area (Å²) in [5.74, 6) is -3.48. The van der Waals surface area contributed by atoms with E-state index >= 15 is 0 Å². The average Bonchev–Trinajstić information content (AvgIpc) is 3.70. The number of nitrogens with zero attached hydrogens (tertiary/aromatic N) is 4. The number of fused-ring (bicyclic) bond motifs is 4. The standard InChI is InChI=1S/C33H44N5O6S.2ClH/c1-20-25(31(33(41)42)36-30(20)28(21(2)39)32(36)40)19-35-26-5-3-4-24-22(6-7-27(29(24)26)45(35,43)44)9-11-37-12-15-38(16-13-37,17-14-37)23-8-10-34-18-23;;/h3-7,20-21,23,25,28,30-31,34,39H,8-19H2,1-2H3;2*1H/q+1;;/p-1/t20-,21+,23?,25?,28+,30+,31?,37?,38?;;/m0../s1. The summed E-state index contributed by atoms with van der Waals surface area (Å²) in [4.78, 5) is 26.8. The lowest BCUT2D eigenvalue weighted by atomic mass is 9.77. The van der Waals surface area contributed by atoms with Crippen molar-refractivity contribution in [3.63, 3.8) is 0 Å². The molecule has 7 heterocycles. The van der Waals surface area contributed by atoms with Crippen molar-refractivity contribution in [2.45, 2.75) is 55.8 Å². The van der Waals surface area contributed by atoms with Crippen LogP contribution in [-0.4, -0.2) is 129 Å². The fraction of sp³-hybridized carbons (Fsp3) is 0.636. The van der Waals surface area contributed by atoms with E-state index in [-0.39, 0.29) is 42.2 Å². The molecule has 2 bridgehead atoms. The molecule has 14 heteroatoms. The second-order valence-electron chi connectivity index (χ2n) is 14.9. The Balaban J connectivity index is 0.00000193. The van der Waals surface area contributed by atoms with Gasteiger partial charge < -0.3 is 59.0 Å². The van der Waals surface area contributed by atoms with E-state index in [0.717, 1.165) is 34.4 Å². The predicted molar refractivity (Wildman–Crippen MR) is 164 cm³/mol. The molecule has 6 fully saturated rings. The van der Waals surface area contributed by atoms with Crippen molar-refractivity contribution in [2.75, 3.05) is 69.8 Å². The van der Waals surface area contributed by atoms with Crippen LogP contribution < -0.4 is 39.5 Å². The number of amides is 1. The van der Waals surface area contributed by atoms with Crippen LogP contribution in [0.1, 0.15) is 25.8 Å². The maximum absolute atomic E-state index is 14.0. The van der Waals surface area contributed by atoms with Crippen LogP contribution in [0.4, 0.5) is 5.69 Å². The molecule has 6 saturated heterocycles. The van der Waals surface area contributed by atoms with Gasteiger partial charge in [-0.2, -0.15) is 0 Å². The Kier molecular flexibility index (Phi) is 8.85. The van der Waals surface area contributed by atoms with Gasteiger partial charge in [0.1, 0.15) is 51.9 Å². The van der Waals surface area contributed by atoms with Gasteiger partial charge in [-0.3, -0.25) is 9.10 Å². The molecule has 7 aliphatic heterocycles. The second kappa shape index (κ2) is 12.0. The molecule has 0 radical (unpaired) electrons. The molecule has 7 atom stereocenters. The summed E-state index contributed by atoms with van der Waals surface area (Å²) in [5.41, 5.74) is 1.72. The zero-order valence-electron chi connectivity index (χ0n) is 26.9. The van der Waals surface area contributed by atoms with Crippen molar-refractivity contribution in [1.29, 1.82) is 0 Å². The highest BCUT2D eigenvalue weighted by Crippen LogP contribution is 2.50. The predicted octanol–water partition coefficient (Wildman–Crippen LogP) is -7.51. The van der Waals surface area contributed by atoms with Crippen LogP contribution in [0.25, 0.3) is 10.8 Å². The van der Waals surface area contributed by atoms with Crippen molar-refractivity contribution >= 4 is 38.4 Å². The molecule has 1 amide bonds. The smallest absolute Gasteiger partial charge is 0.265 e. The molecule has 7 aliphatic rings. The Bertz CT molecular complexity index is 1680. The third-order valence-corrected chi connectivity index (χ3v) is 14.8. The van der Waals surface area contributed by atoms with E-state index in [1.54, 1.807) is 12.1 Å². The quantitative estimate of drug-likeness (QED) is 0.207. The number of anilines is 1. The van der Waals surface area contributed by atoms with E-state index in [4.69, 9.17) is 0 Å². The maximum atomic E-state index is 14.0. The minimum absolute atomic E-state index is 0. The highest BCUT2D eigenvalue weighted by Gasteiger charge is 2.63. The van der Waals surface area contributed by atoms with Crippen molar-refractivity contribution in [3.8, 4) is 0 Å². The van der Waals surface area contributed by atoms with Gasteiger partial charge in [0.15, 0.2) is 0 Å². The van der Waals surface area contributed by atoms with E-state index in [1.807, 2.05) is 25.1 Å². The maximum Gasteiger partial charge on any atom is 0.265 e. The first-order chi connectivity index (χ1) is 21.5. The van der Waals surface area contributed by atoms with Crippen LogP contribution in [0.5, 0.6) is 0 Å². The van der Waals surface area contributed by atoms with E-state index in [9.17, 15) is 28.2 Å². The van der Waals surface area contributed by atoms with Crippen LogP contribution in [0.3, 0.4) is 0 Å². The Morgan fingerprint density at radius 1 is 1.11 bits per heavy atom. The number of halogens is 2. The molecular weight excluding hydrogens is 665 g/mol. The third-order valence-electron chi connectivity index (χ3n) is 13.0. The number of carbonyl (C=O) groups is 2. The number of β-lactam (4-membered cyclic amide) rings is 1. The van der Waals surface area contributed by atoms with Crippen LogP contribution >= 0.6 is 0 Å². The van der Waals surface area contributed by atoms with E-state index in [0.29, 0.717) is 11.1 Å². The van der Waals surface area contributed by atoms with Crippen LogP contribution in [0.2, 0.25) is 0 Å². The summed E-state index contributed by atoms with van der Waals surface area (Å²) >= 11 is 0. The summed E-state index contributed by atoms with van der Waals surface area (Å²) in [6.45, 7) is 14.4. The van der Waals surface area contributed by atoms with E-state index < -0.39 is 51.9 Å². The Morgan fingerprint density at radius 2 is 1.81 bits per heavy atom. The lowest BCUT2D eigenvalue weighted by molar-refractivity contribution is -1.09.